The SMILES string of the molecule is COc1ccc(C2CC(=O)C(/C=C/C(=O)OC(C)(C)C)=CN2Cc2ccccc2)cc1. The van der Waals surface area contributed by atoms with Gasteiger partial charge in [-0.1, -0.05) is 42.5 Å². The molecule has 0 aromatic heterocycles. The molecule has 31 heavy (non-hydrogen) atoms. The molecule has 1 heterocycles. The standard InChI is InChI=1S/C26H29NO4/c1-26(2,3)31-25(29)15-12-21-18-27(17-19-8-6-5-7-9-19)23(16-24(21)28)20-10-13-22(30-4)14-11-20/h5-15,18,23H,16-17H2,1-4H3/b15-12+. The van der Waals surface area contributed by atoms with E-state index in [0.29, 0.717) is 18.5 Å². The third-order valence-electron chi connectivity index (χ3n) is 4.92. The fraction of sp³-hybridized carbons (Fsp3) is 0.308. The second-order valence-corrected chi connectivity index (χ2v) is 8.53. The molecular weight excluding hydrogens is 390 g/mol. The van der Waals surface area contributed by atoms with Crippen molar-refractivity contribution in [3.63, 3.8) is 0 Å². The largest absolute Gasteiger partial charge is 0.497 e. The lowest BCUT2D eigenvalue weighted by atomic mass is 9.92. The van der Waals surface area contributed by atoms with Crippen LogP contribution in [0.1, 0.15) is 44.4 Å². The van der Waals surface area contributed by atoms with Crippen molar-refractivity contribution in [1.82, 2.24) is 4.90 Å². The Labute approximate surface area is 184 Å². The Balaban J connectivity index is 1.88. The van der Waals surface area contributed by atoms with E-state index in [2.05, 4.69) is 17.0 Å². The van der Waals surface area contributed by atoms with Crippen molar-refractivity contribution in [2.24, 2.45) is 0 Å². The molecule has 1 aliphatic heterocycles. The minimum Gasteiger partial charge on any atom is -0.497 e. The van der Waals surface area contributed by atoms with Crippen molar-refractivity contribution in [2.75, 3.05) is 7.11 Å². The molecule has 0 bridgehead atoms. The molecular formula is C26H29NO4. The zero-order valence-corrected chi connectivity index (χ0v) is 18.5. The Kier molecular flexibility index (Phi) is 6.95. The van der Waals surface area contributed by atoms with E-state index in [1.165, 1.54) is 6.08 Å². The van der Waals surface area contributed by atoms with Crippen LogP contribution in [-0.4, -0.2) is 29.4 Å². The van der Waals surface area contributed by atoms with Gasteiger partial charge >= 0.3 is 5.97 Å². The van der Waals surface area contributed by atoms with Crippen LogP contribution in [-0.2, 0) is 20.9 Å². The fourth-order valence-corrected chi connectivity index (χ4v) is 3.47. The van der Waals surface area contributed by atoms with Crippen molar-refractivity contribution in [3.8, 4) is 5.75 Å². The van der Waals surface area contributed by atoms with Crippen LogP contribution in [0.2, 0.25) is 0 Å². The van der Waals surface area contributed by atoms with Crippen LogP contribution in [0.25, 0.3) is 0 Å². The summed E-state index contributed by atoms with van der Waals surface area (Å²) in [6.45, 7) is 6.08. The Morgan fingerprint density at radius 3 is 2.39 bits per heavy atom. The summed E-state index contributed by atoms with van der Waals surface area (Å²) >= 11 is 0. The van der Waals surface area contributed by atoms with E-state index in [0.717, 1.165) is 16.9 Å². The second kappa shape index (κ2) is 9.65. The molecule has 1 atom stereocenters. The summed E-state index contributed by atoms with van der Waals surface area (Å²) in [7, 11) is 1.63. The molecule has 0 aliphatic carbocycles. The van der Waals surface area contributed by atoms with Gasteiger partial charge in [0.15, 0.2) is 5.78 Å². The van der Waals surface area contributed by atoms with Gasteiger partial charge in [0, 0.05) is 30.8 Å². The highest BCUT2D eigenvalue weighted by atomic mass is 16.6. The number of ether oxygens (including phenoxy) is 2. The number of hydrogen-bond acceptors (Lipinski definition) is 5. The van der Waals surface area contributed by atoms with Gasteiger partial charge in [-0.05, 0) is 50.1 Å². The zero-order chi connectivity index (χ0) is 22.4. The molecule has 0 amide bonds. The second-order valence-electron chi connectivity index (χ2n) is 8.53. The summed E-state index contributed by atoms with van der Waals surface area (Å²) < 4.78 is 10.6. The summed E-state index contributed by atoms with van der Waals surface area (Å²) in [6.07, 6.45) is 5.04. The predicted octanol–water partition coefficient (Wildman–Crippen LogP) is 4.99. The van der Waals surface area contributed by atoms with E-state index in [1.54, 1.807) is 13.2 Å². The van der Waals surface area contributed by atoms with E-state index < -0.39 is 11.6 Å². The molecule has 162 valence electrons. The fourth-order valence-electron chi connectivity index (χ4n) is 3.47. The van der Waals surface area contributed by atoms with Crippen LogP contribution in [0.5, 0.6) is 5.75 Å². The first-order chi connectivity index (χ1) is 14.7. The average molecular weight is 420 g/mol. The highest BCUT2D eigenvalue weighted by Crippen LogP contribution is 2.33. The number of Topliss-reactive ketones (excluding diaryl/α,β-unsaturated/α-hetero) is 1. The highest BCUT2D eigenvalue weighted by Gasteiger charge is 2.28. The summed E-state index contributed by atoms with van der Waals surface area (Å²) in [6, 6.07) is 17.8. The van der Waals surface area contributed by atoms with E-state index in [4.69, 9.17) is 9.47 Å². The third kappa shape index (κ3) is 6.32. The predicted molar refractivity (Wildman–Crippen MR) is 120 cm³/mol. The molecule has 5 heteroatoms. The number of esters is 1. The molecule has 0 saturated carbocycles. The first kappa shape index (κ1) is 22.3. The quantitative estimate of drug-likeness (QED) is 0.488. The van der Waals surface area contributed by atoms with Crippen LogP contribution in [0.4, 0.5) is 0 Å². The number of allylic oxidation sites excluding steroid dienone is 2. The lowest BCUT2D eigenvalue weighted by Gasteiger charge is -2.35. The van der Waals surface area contributed by atoms with Gasteiger partial charge in [0.25, 0.3) is 0 Å². The van der Waals surface area contributed by atoms with E-state index >= 15 is 0 Å². The van der Waals surface area contributed by atoms with Crippen LogP contribution in [0, 0.1) is 0 Å². The molecule has 0 spiro atoms. The number of hydrogen-bond donors (Lipinski definition) is 0. The van der Waals surface area contributed by atoms with Crippen molar-refractivity contribution in [3.05, 3.63) is 89.6 Å². The monoisotopic (exact) mass is 419 g/mol. The summed E-state index contributed by atoms with van der Waals surface area (Å²) in [5, 5.41) is 0. The Bertz CT molecular complexity index is 969. The van der Waals surface area contributed by atoms with Gasteiger partial charge in [0.2, 0.25) is 0 Å². The molecule has 3 rings (SSSR count). The van der Waals surface area contributed by atoms with Gasteiger partial charge in [-0.2, -0.15) is 0 Å². The Hall–Kier alpha value is -3.34. The lowest BCUT2D eigenvalue weighted by Crippen LogP contribution is -2.31. The molecule has 5 nitrogen and oxygen atoms in total. The van der Waals surface area contributed by atoms with Crippen molar-refractivity contribution < 1.29 is 19.1 Å². The summed E-state index contributed by atoms with van der Waals surface area (Å²) in [4.78, 5) is 27.1. The molecule has 1 unspecified atom stereocenters. The van der Waals surface area contributed by atoms with E-state index in [1.807, 2.05) is 69.4 Å². The first-order valence-corrected chi connectivity index (χ1v) is 10.3. The molecule has 0 fully saturated rings. The molecule has 0 N–H and O–H groups in total. The minimum absolute atomic E-state index is 0.00932. The molecule has 0 radical (unpaired) electrons. The number of rotatable bonds is 6. The average Bonchev–Trinajstić information content (AvgIpc) is 2.73. The van der Waals surface area contributed by atoms with Gasteiger partial charge in [-0.25, -0.2) is 4.79 Å². The lowest BCUT2D eigenvalue weighted by molar-refractivity contribution is -0.148. The maximum Gasteiger partial charge on any atom is 0.331 e. The van der Waals surface area contributed by atoms with E-state index in [9.17, 15) is 9.59 Å². The van der Waals surface area contributed by atoms with Gasteiger partial charge in [0.1, 0.15) is 11.4 Å². The third-order valence-corrected chi connectivity index (χ3v) is 4.92. The summed E-state index contributed by atoms with van der Waals surface area (Å²) in [5.41, 5.74) is 2.09. The molecule has 2 aromatic rings. The van der Waals surface area contributed by atoms with Crippen molar-refractivity contribution >= 4 is 11.8 Å². The summed E-state index contributed by atoms with van der Waals surface area (Å²) in [5.74, 6) is 0.301. The molecule has 2 aromatic carbocycles. The number of methoxy groups -OCH3 is 1. The number of benzene rings is 2. The Morgan fingerprint density at radius 2 is 1.77 bits per heavy atom. The van der Waals surface area contributed by atoms with Crippen LogP contribution in [0.15, 0.2) is 78.5 Å². The first-order valence-electron chi connectivity index (χ1n) is 10.3. The number of ketones is 1. The van der Waals surface area contributed by atoms with Crippen LogP contribution in [0.3, 0.4) is 0 Å². The van der Waals surface area contributed by atoms with Gasteiger partial charge in [-0.3, -0.25) is 4.79 Å². The normalized spacial score (nSPS) is 16.9. The van der Waals surface area contributed by atoms with Crippen LogP contribution >= 0.6 is 0 Å². The maximum atomic E-state index is 12.9. The maximum absolute atomic E-state index is 12.9. The van der Waals surface area contributed by atoms with Crippen molar-refractivity contribution in [2.45, 2.75) is 45.4 Å². The van der Waals surface area contributed by atoms with Crippen LogP contribution < -0.4 is 4.74 Å². The minimum atomic E-state index is -0.578. The number of carbonyl (C=O) groups is 2. The van der Waals surface area contributed by atoms with Gasteiger partial charge in [0.05, 0.1) is 13.2 Å². The highest BCUT2D eigenvalue weighted by molar-refractivity contribution is 6.00. The molecule has 1 aliphatic rings. The van der Waals surface area contributed by atoms with Crippen molar-refractivity contribution in [1.29, 1.82) is 0 Å². The van der Waals surface area contributed by atoms with E-state index in [-0.39, 0.29) is 11.8 Å². The molecule has 0 saturated heterocycles. The zero-order valence-electron chi connectivity index (χ0n) is 18.5. The number of nitrogens with zero attached hydrogens (tertiary/aromatic N) is 1. The smallest absolute Gasteiger partial charge is 0.331 e. The topological polar surface area (TPSA) is 55.8 Å². The Morgan fingerprint density at radius 1 is 1.10 bits per heavy atom. The van der Waals surface area contributed by atoms with Gasteiger partial charge in [-0.15, -0.1) is 0 Å². The number of carbonyl (C=O) groups excluding carboxylic acids is 2. The van der Waals surface area contributed by atoms with Gasteiger partial charge < -0.3 is 14.4 Å².